The summed E-state index contributed by atoms with van der Waals surface area (Å²) in [6.45, 7) is 0.192. The van der Waals surface area contributed by atoms with E-state index in [9.17, 15) is 9.59 Å². The summed E-state index contributed by atoms with van der Waals surface area (Å²) in [5.74, 6) is -0.121. The Balaban J connectivity index is 2.63. The molecule has 0 fully saturated rings. The second-order valence-corrected chi connectivity index (χ2v) is 2.26. The third-order valence-electron chi connectivity index (χ3n) is 1.38. The number of rotatable bonds is 3. The van der Waals surface area contributed by atoms with Crippen molar-refractivity contribution in [2.24, 2.45) is 0 Å². The highest BCUT2D eigenvalue weighted by Crippen LogP contribution is 1.91. The van der Waals surface area contributed by atoms with Crippen molar-refractivity contribution in [2.45, 2.75) is 6.54 Å². The van der Waals surface area contributed by atoms with Gasteiger partial charge in [-0.15, -0.1) is 0 Å². The van der Waals surface area contributed by atoms with Crippen molar-refractivity contribution in [1.82, 2.24) is 14.9 Å². The number of hydrogen-bond acceptors (Lipinski definition) is 3. The van der Waals surface area contributed by atoms with Crippen LogP contribution in [0.15, 0.2) is 12.5 Å². The fourth-order valence-corrected chi connectivity index (χ4v) is 0.770. The van der Waals surface area contributed by atoms with E-state index in [1.54, 1.807) is 11.6 Å². The number of nitrogens with zero attached hydrogens (tertiary/aromatic N) is 2. The van der Waals surface area contributed by atoms with Gasteiger partial charge in [-0.1, -0.05) is 0 Å². The molecule has 0 saturated carbocycles. The van der Waals surface area contributed by atoms with Crippen LogP contribution in [0.25, 0.3) is 0 Å². The molecule has 0 spiro atoms. The first-order chi connectivity index (χ1) is 5.76. The van der Waals surface area contributed by atoms with E-state index < -0.39 is 0 Å². The van der Waals surface area contributed by atoms with Gasteiger partial charge in [0.25, 0.3) is 0 Å². The van der Waals surface area contributed by atoms with Gasteiger partial charge >= 0.3 is 0 Å². The van der Waals surface area contributed by atoms with Crippen LogP contribution in [0.1, 0.15) is 10.5 Å². The SMILES string of the molecule is CNC(=O)Cn1cnc(C=O)c1. The average Bonchev–Trinajstić information content (AvgIpc) is 2.52. The Morgan fingerprint density at radius 1 is 1.83 bits per heavy atom. The van der Waals surface area contributed by atoms with Crippen LogP contribution in [0.2, 0.25) is 0 Å². The monoisotopic (exact) mass is 167 g/mol. The van der Waals surface area contributed by atoms with Gasteiger partial charge in [-0.25, -0.2) is 4.98 Å². The molecule has 0 unspecified atom stereocenters. The van der Waals surface area contributed by atoms with E-state index >= 15 is 0 Å². The lowest BCUT2D eigenvalue weighted by molar-refractivity contribution is -0.121. The zero-order chi connectivity index (χ0) is 8.97. The molecule has 5 heteroatoms. The van der Waals surface area contributed by atoms with E-state index in [0.717, 1.165) is 0 Å². The van der Waals surface area contributed by atoms with Gasteiger partial charge in [0.2, 0.25) is 5.91 Å². The lowest BCUT2D eigenvalue weighted by Crippen LogP contribution is -2.22. The molecule has 5 nitrogen and oxygen atoms in total. The summed E-state index contributed by atoms with van der Waals surface area (Å²) in [5.41, 5.74) is 0.332. The highest BCUT2D eigenvalue weighted by molar-refractivity contribution is 5.76. The van der Waals surface area contributed by atoms with Crippen LogP contribution < -0.4 is 5.32 Å². The average molecular weight is 167 g/mol. The van der Waals surface area contributed by atoms with Crippen LogP contribution in [-0.2, 0) is 11.3 Å². The zero-order valence-corrected chi connectivity index (χ0v) is 6.65. The summed E-state index contributed by atoms with van der Waals surface area (Å²) in [7, 11) is 1.56. The van der Waals surface area contributed by atoms with Crippen LogP contribution in [0.4, 0.5) is 0 Å². The van der Waals surface area contributed by atoms with Gasteiger partial charge in [0, 0.05) is 13.2 Å². The summed E-state index contributed by atoms with van der Waals surface area (Å²) in [5, 5.41) is 2.46. The van der Waals surface area contributed by atoms with Crippen LogP contribution in [0.3, 0.4) is 0 Å². The third kappa shape index (κ3) is 1.91. The second kappa shape index (κ2) is 3.66. The van der Waals surface area contributed by atoms with Crippen LogP contribution in [0.5, 0.6) is 0 Å². The molecule has 12 heavy (non-hydrogen) atoms. The zero-order valence-electron chi connectivity index (χ0n) is 6.65. The topological polar surface area (TPSA) is 64.0 Å². The molecule has 1 aromatic heterocycles. The molecular formula is C7H9N3O2. The van der Waals surface area contributed by atoms with Crippen molar-refractivity contribution in [2.75, 3.05) is 7.05 Å². The predicted molar refractivity (Wildman–Crippen MR) is 41.7 cm³/mol. The van der Waals surface area contributed by atoms with Crippen LogP contribution >= 0.6 is 0 Å². The largest absolute Gasteiger partial charge is 0.358 e. The number of aldehydes is 1. The van der Waals surface area contributed by atoms with E-state index in [1.165, 1.54) is 12.5 Å². The van der Waals surface area contributed by atoms with E-state index in [-0.39, 0.29) is 12.5 Å². The smallest absolute Gasteiger partial charge is 0.239 e. The Morgan fingerprint density at radius 3 is 3.08 bits per heavy atom. The number of amides is 1. The molecule has 1 N–H and O–H groups in total. The predicted octanol–water partition coefficient (Wildman–Crippen LogP) is -0.558. The van der Waals surface area contributed by atoms with Gasteiger partial charge in [0.05, 0.1) is 6.33 Å². The van der Waals surface area contributed by atoms with Gasteiger partial charge < -0.3 is 9.88 Å². The number of nitrogens with one attached hydrogen (secondary N) is 1. The first-order valence-corrected chi connectivity index (χ1v) is 3.44. The number of likely N-dealkylation sites (N-methyl/N-ethyl adjacent to an activating group) is 1. The number of hydrogen-bond donors (Lipinski definition) is 1. The minimum absolute atomic E-state index is 0.121. The number of carbonyl (C=O) groups excluding carboxylic acids is 2. The fourth-order valence-electron chi connectivity index (χ4n) is 0.770. The van der Waals surface area contributed by atoms with Crippen molar-refractivity contribution >= 4 is 12.2 Å². The first kappa shape index (κ1) is 8.45. The van der Waals surface area contributed by atoms with Crippen molar-refractivity contribution < 1.29 is 9.59 Å². The van der Waals surface area contributed by atoms with E-state index in [1.807, 2.05) is 0 Å². The van der Waals surface area contributed by atoms with Crippen molar-refractivity contribution in [1.29, 1.82) is 0 Å². The van der Waals surface area contributed by atoms with E-state index in [0.29, 0.717) is 12.0 Å². The molecule has 1 amide bonds. The van der Waals surface area contributed by atoms with Gasteiger partial charge in [-0.3, -0.25) is 9.59 Å². The number of carbonyl (C=O) groups is 2. The highest BCUT2D eigenvalue weighted by atomic mass is 16.1. The Hall–Kier alpha value is -1.65. The van der Waals surface area contributed by atoms with E-state index in [2.05, 4.69) is 10.3 Å². The molecular weight excluding hydrogens is 158 g/mol. The van der Waals surface area contributed by atoms with Crippen molar-refractivity contribution in [3.63, 3.8) is 0 Å². The van der Waals surface area contributed by atoms with Crippen LogP contribution in [-0.4, -0.2) is 28.8 Å². The number of imidazole rings is 1. The third-order valence-corrected chi connectivity index (χ3v) is 1.38. The van der Waals surface area contributed by atoms with Gasteiger partial charge in [-0.05, 0) is 0 Å². The molecule has 0 aliphatic heterocycles. The Morgan fingerprint density at radius 2 is 2.58 bits per heavy atom. The van der Waals surface area contributed by atoms with Gasteiger partial charge in [0.1, 0.15) is 12.2 Å². The molecule has 0 atom stereocenters. The molecule has 0 aliphatic carbocycles. The maximum atomic E-state index is 10.8. The minimum atomic E-state index is -0.121. The van der Waals surface area contributed by atoms with Gasteiger partial charge in [-0.2, -0.15) is 0 Å². The Kier molecular flexibility index (Phi) is 2.57. The maximum Gasteiger partial charge on any atom is 0.239 e. The fraction of sp³-hybridized carbons (Fsp3) is 0.286. The lowest BCUT2D eigenvalue weighted by atomic mass is 10.5. The Bertz CT molecular complexity index is 293. The molecule has 0 radical (unpaired) electrons. The first-order valence-electron chi connectivity index (χ1n) is 3.44. The standard InChI is InChI=1S/C7H9N3O2/c1-8-7(12)3-10-2-6(4-11)9-5-10/h2,4-5H,3H2,1H3,(H,8,12). The molecule has 64 valence electrons. The van der Waals surface area contributed by atoms with Crippen molar-refractivity contribution in [3.8, 4) is 0 Å². The van der Waals surface area contributed by atoms with Crippen LogP contribution in [0, 0.1) is 0 Å². The lowest BCUT2D eigenvalue weighted by Gasteiger charge is -1.98. The quantitative estimate of drug-likeness (QED) is 0.614. The molecule has 0 aromatic carbocycles. The molecule has 0 aliphatic rings. The molecule has 1 aromatic rings. The number of aromatic nitrogens is 2. The summed E-state index contributed by atoms with van der Waals surface area (Å²) in [6, 6.07) is 0. The normalized spacial score (nSPS) is 9.42. The van der Waals surface area contributed by atoms with Crippen molar-refractivity contribution in [3.05, 3.63) is 18.2 Å². The highest BCUT2D eigenvalue weighted by Gasteiger charge is 2.00. The van der Waals surface area contributed by atoms with E-state index in [4.69, 9.17) is 0 Å². The molecule has 0 saturated heterocycles. The molecule has 1 rings (SSSR count). The maximum absolute atomic E-state index is 10.8. The van der Waals surface area contributed by atoms with Gasteiger partial charge in [0.15, 0.2) is 6.29 Å². The second-order valence-electron chi connectivity index (χ2n) is 2.26. The summed E-state index contributed by atoms with van der Waals surface area (Å²) in [4.78, 5) is 24.8. The molecule has 0 bridgehead atoms. The Labute approximate surface area is 69.4 Å². The summed E-state index contributed by atoms with van der Waals surface area (Å²) in [6.07, 6.45) is 3.60. The molecule has 1 heterocycles. The minimum Gasteiger partial charge on any atom is -0.358 e. The summed E-state index contributed by atoms with van der Waals surface area (Å²) >= 11 is 0. The summed E-state index contributed by atoms with van der Waals surface area (Å²) < 4.78 is 1.54.